The monoisotopic (exact) mass is 232 g/mol. The van der Waals surface area contributed by atoms with Gasteiger partial charge in [0, 0.05) is 11.5 Å². The number of rotatable bonds is 1. The van der Waals surface area contributed by atoms with Crippen LogP contribution in [0.15, 0.2) is 4.79 Å². The van der Waals surface area contributed by atoms with Crippen LogP contribution in [-0.4, -0.2) is 9.97 Å². The van der Waals surface area contributed by atoms with Crippen LogP contribution in [-0.2, 0) is 12.8 Å². The summed E-state index contributed by atoms with van der Waals surface area (Å²) in [6.07, 6.45) is 10.4. The molecule has 1 aromatic rings. The van der Waals surface area contributed by atoms with Crippen molar-refractivity contribution in [2.75, 3.05) is 0 Å². The zero-order valence-corrected chi connectivity index (χ0v) is 10.3. The molecular weight excluding hydrogens is 212 g/mol. The van der Waals surface area contributed by atoms with Gasteiger partial charge in [0.25, 0.3) is 5.56 Å². The highest BCUT2D eigenvalue weighted by Crippen LogP contribution is 2.32. The van der Waals surface area contributed by atoms with Gasteiger partial charge in [-0.3, -0.25) is 4.79 Å². The maximum Gasteiger partial charge on any atom is 0.254 e. The molecule has 3 nitrogen and oxygen atoms in total. The summed E-state index contributed by atoms with van der Waals surface area (Å²) in [6, 6.07) is 0. The maximum atomic E-state index is 12.1. The van der Waals surface area contributed by atoms with E-state index in [0.29, 0.717) is 5.92 Å². The van der Waals surface area contributed by atoms with E-state index in [1.54, 1.807) is 0 Å². The lowest BCUT2D eigenvalue weighted by atomic mass is 10.1. The van der Waals surface area contributed by atoms with Crippen molar-refractivity contribution in [1.29, 1.82) is 0 Å². The minimum atomic E-state index is 0.138. The fourth-order valence-electron chi connectivity index (χ4n) is 3.19. The molecule has 0 atom stereocenters. The number of H-pyrrole nitrogens is 1. The van der Waals surface area contributed by atoms with Crippen LogP contribution in [0.5, 0.6) is 0 Å². The molecule has 0 amide bonds. The van der Waals surface area contributed by atoms with Gasteiger partial charge >= 0.3 is 0 Å². The molecule has 3 heteroatoms. The van der Waals surface area contributed by atoms with Gasteiger partial charge in [0.1, 0.15) is 5.82 Å². The van der Waals surface area contributed by atoms with Crippen molar-refractivity contribution in [3.8, 4) is 0 Å². The van der Waals surface area contributed by atoms with Crippen LogP contribution < -0.4 is 5.56 Å². The first-order chi connectivity index (χ1) is 8.34. The quantitative estimate of drug-likeness (QED) is 0.757. The van der Waals surface area contributed by atoms with E-state index in [9.17, 15) is 4.79 Å². The molecule has 2 aliphatic rings. The average molecular weight is 232 g/mol. The molecule has 1 aromatic heterocycles. The summed E-state index contributed by atoms with van der Waals surface area (Å²) in [5, 5.41) is 0. The van der Waals surface area contributed by atoms with E-state index in [2.05, 4.69) is 4.98 Å². The van der Waals surface area contributed by atoms with Crippen molar-refractivity contribution >= 4 is 0 Å². The first kappa shape index (κ1) is 11.0. The van der Waals surface area contributed by atoms with Gasteiger partial charge in [0.05, 0.1) is 5.69 Å². The van der Waals surface area contributed by atoms with E-state index in [1.807, 2.05) is 0 Å². The van der Waals surface area contributed by atoms with Crippen LogP contribution in [0, 0.1) is 0 Å². The van der Waals surface area contributed by atoms with E-state index in [4.69, 9.17) is 4.98 Å². The SMILES string of the molecule is O=c1[nH]c(C2CCCC2)nc2c1CCCCC2. The average Bonchev–Trinajstić information content (AvgIpc) is 2.75. The van der Waals surface area contributed by atoms with Crippen LogP contribution in [0.1, 0.15) is 67.9 Å². The van der Waals surface area contributed by atoms with Gasteiger partial charge in [0.15, 0.2) is 0 Å². The highest BCUT2D eigenvalue weighted by atomic mass is 16.1. The summed E-state index contributed by atoms with van der Waals surface area (Å²) in [5.41, 5.74) is 2.19. The highest BCUT2D eigenvalue weighted by molar-refractivity contribution is 5.20. The van der Waals surface area contributed by atoms with Gasteiger partial charge in [-0.15, -0.1) is 0 Å². The minimum absolute atomic E-state index is 0.138. The second kappa shape index (κ2) is 4.63. The van der Waals surface area contributed by atoms with Crippen LogP contribution in [0.3, 0.4) is 0 Å². The number of aryl methyl sites for hydroxylation is 1. The Balaban J connectivity index is 1.99. The Hall–Kier alpha value is -1.12. The lowest BCUT2D eigenvalue weighted by Crippen LogP contribution is -2.20. The van der Waals surface area contributed by atoms with E-state index < -0.39 is 0 Å². The molecule has 0 radical (unpaired) electrons. The molecule has 3 rings (SSSR count). The third-order valence-electron chi connectivity index (χ3n) is 4.20. The molecular formula is C14H20N2O. The lowest BCUT2D eigenvalue weighted by Gasteiger charge is -2.11. The summed E-state index contributed by atoms with van der Waals surface area (Å²) in [7, 11) is 0. The minimum Gasteiger partial charge on any atom is -0.310 e. The second-order valence-electron chi connectivity index (χ2n) is 5.42. The molecule has 0 aliphatic heterocycles. The Kier molecular flexibility index (Phi) is 3.00. The summed E-state index contributed by atoms with van der Waals surface area (Å²) < 4.78 is 0. The summed E-state index contributed by atoms with van der Waals surface area (Å²) >= 11 is 0. The van der Waals surface area contributed by atoms with Crippen LogP contribution >= 0.6 is 0 Å². The maximum absolute atomic E-state index is 12.1. The standard InChI is InChI=1S/C14H20N2O/c17-14-11-8-2-1-3-9-12(11)15-13(16-14)10-6-4-5-7-10/h10H,1-9H2,(H,15,16,17). The Labute approximate surface area is 102 Å². The van der Waals surface area contributed by atoms with Crippen molar-refractivity contribution in [3.63, 3.8) is 0 Å². The molecule has 0 unspecified atom stereocenters. The van der Waals surface area contributed by atoms with Crippen molar-refractivity contribution in [2.45, 2.75) is 63.7 Å². The van der Waals surface area contributed by atoms with Crippen LogP contribution in [0.4, 0.5) is 0 Å². The van der Waals surface area contributed by atoms with Crippen molar-refractivity contribution in [1.82, 2.24) is 9.97 Å². The summed E-state index contributed by atoms with van der Waals surface area (Å²) in [6.45, 7) is 0. The molecule has 0 aromatic carbocycles. The normalized spacial score (nSPS) is 21.2. The topological polar surface area (TPSA) is 45.8 Å². The largest absolute Gasteiger partial charge is 0.310 e. The predicted octanol–water partition coefficient (Wildman–Crippen LogP) is 2.70. The smallest absolute Gasteiger partial charge is 0.254 e. The van der Waals surface area contributed by atoms with E-state index >= 15 is 0 Å². The fraction of sp³-hybridized carbons (Fsp3) is 0.714. The molecule has 1 fully saturated rings. The summed E-state index contributed by atoms with van der Waals surface area (Å²) in [5.74, 6) is 1.48. The molecule has 17 heavy (non-hydrogen) atoms. The number of hydrogen-bond acceptors (Lipinski definition) is 2. The molecule has 92 valence electrons. The zero-order valence-electron chi connectivity index (χ0n) is 10.3. The predicted molar refractivity (Wildman–Crippen MR) is 67.3 cm³/mol. The number of hydrogen-bond donors (Lipinski definition) is 1. The number of nitrogens with one attached hydrogen (secondary N) is 1. The van der Waals surface area contributed by atoms with Gasteiger partial charge in [-0.05, 0) is 38.5 Å². The van der Waals surface area contributed by atoms with Gasteiger partial charge in [0.2, 0.25) is 0 Å². The number of aromatic amines is 1. The highest BCUT2D eigenvalue weighted by Gasteiger charge is 2.22. The van der Waals surface area contributed by atoms with Gasteiger partial charge in [-0.25, -0.2) is 4.98 Å². The number of nitrogens with zero attached hydrogens (tertiary/aromatic N) is 1. The van der Waals surface area contributed by atoms with Crippen LogP contribution in [0.25, 0.3) is 0 Å². The number of fused-ring (bicyclic) bond motifs is 1. The molecule has 1 heterocycles. The van der Waals surface area contributed by atoms with Crippen LogP contribution in [0.2, 0.25) is 0 Å². The molecule has 1 saturated carbocycles. The van der Waals surface area contributed by atoms with E-state index in [-0.39, 0.29) is 5.56 Å². The third kappa shape index (κ3) is 2.15. The zero-order chi connectivity index (χ0) is 11.7. The fourth-order valence-corrected chi connectivity index (χ4v) is 3.19. The van der Waals surface area contributed by atoms with Gasteiger partial charge in [-0.1, -0.05) is 19.3 Å². The van der Waals surface area contributed by atoms with E-state index in [0.717, 1.165) is 36.3 Å². The van der Waals surface area contributed by atoms with Gasteiger partial charge in [-0.2, -0.15) is 0 Å². The molecule has 1 N–H and O–H groups in total. The first-order valence-corrected chi connectivity index (χ1v) is 6.96. The van der Waals surface area contributed by atoms with Crippen molar-refractivity contribution < 1.29 is 0 Å². The second-order valence-corrected chi connectivity index (χ2v) is 5.42. The molecule has 0 saturated heterocycles. The van der Waals surface area contributed by atoms with Gasteiger partial charge < -0.3 is 4.98 Å². The molecule has 0 spiro atoms. The summed E-state index contributed by atoms with van der Waals surface area (Å²) in [4.78, 5) is 19.9. The number of aromatic nitrogens is 2. The third-order valence-corrected chi connectivity index (χ3v) is 4.20. The lowest BCUT2D eigenvalue weighted by molar-refractivity contribution is 0.650. The Morgan fingerprint density at radius 3 is 2.59 bits per heavy atom. The van der Waals surface area contributed by atoms with Crippen molar-refractivity contribution in [3.05, 3.63) is 27.4 Å². The molecule has 2 aliphatic carbocycles. The Morgan fingerprint density at radius 2 is 1.76 bits per heavy atom. The molecule has 0 bridgehead atoms. The Bertz CT molecular complexity index is 458. The van der Waals surface area contributed by atoms with E-state index in [1.165, 1.54) is 38.5 Å². The first-order valence-electron chi connectivity index (χ1n) is 6.96. The van der Waals surface area contributed by atoms with Crippen molar-refractivity contribution in [2.24, 2.45) is 0 Å². The Morgan fingerprint density at radius 1 is 1.00 bits per heavy atom.